The van der Waals surface area contributed by atoms with Crippen molar-refractivity contribution in [2.75, 3.05) is 42.1 Å². The molecule has 40 heavy (non-hydrogen) atoms. The molecule has 0 bridgehead atoms. The molecule has 0 aromatic carbocycles. The summed E-state index contributed by atoms with van der Waals surface area (Å²) in [4.78, 5) is 35.8. The minimum atomic E-state index is -2.64. The Morgan fingerprint density at radius 2 is 1.85 bits per heavy atom. The van der Waals surface area contributed by atoms with Crippen LogP contribution in [0.5, 0.6) is 0 Å². The van der Waals surface area contributed by atoms with Crippen molar-refractivity contribution in [3.05, 3.63) is 18.0 Å². The van der Waals surface area contributed by atoms with Crippen LogP contribution in [0.3, 0.4) is 0 Å². The average Bonchev–Trinajstić information content (AvgIpc) is 3.79. The van der Waals surface area contributed by atoms with Crippen molar-refractivity contribution in [2.45, 2.75) is 56.2 Å². The van der Waals surface area contributed by atoms with Gasteiger partial charge in [0.15, 0.2) is 5.96 Å². The molecule has 3 aliphatic heterocycles. The second-order valence-electron chi connectivity index (χ2n) is 10.7. The summed E-state index contributed by atoms with van der Waals surface area (Å²) in [5, 5.41) is 13.0. The molecule has 2 atom stereocenters. The van der Waals surface area contributed by atoms with Crippen LogP contribution in [0.25, 0.3) is 0 Å². The highest BCUT2D eigenvalue weighted by atomic mass is 19.3. The van der Waals surface area contributed by atoms with E-state index >= 15 is 0 Å². The molecular weight excluding hydrogens is 528 g/mol. The van der Waals surface area contributed by atoms with Gasteiger partial charge in [0.05, 0.1) is 12.5 Å². The lowest BCUT2D eigenvalue weighted by Crippen LogP contribution is -2.51. The molecule has 2 saturated heterocycles. The van der Waals surface area contributed by atoms with Gasteiger partial charge in [-0.15, -0.1) is 0 Å². The van der Waals surface area contributed by atoms with Crippen molar-refractivity contribution >= 4 is 35.9 Å². The number of anilines is 3. The maximum Gasteiger partial charge on any atom is 0.290 e. The van der Waals surface area contributed by atoms with Crippen LogP contribution in [0.1, 0.15) is 38.5 Å². The van der Waals surface area contributed by atoms with Crippen molar-refractivity contribution in [1.29, 1.82) is 0 Å². The minimum absolute atomic E-state index is 0.101. The van der Waals surface area contributed by atoms with Gasteiger partial charge in [0, 0.05) is 44.1 Å². The Morgan fingerprint density at radius 1 is 1.15 bits per heavy atom. The van der Waals surface area contributed by atoms with Gasteiger partial charge in [-0.3, -0.25) is 9.59 Å². The number of primary amides is 1. The molecule has 2 saturated carbocycles. The summed E-state index contributed by atoms with van der Waals surface area (Å²) < 4.78 is 26.4. The summed E-state index contributed by atoms with van der Waals surface area (Å²) in [5.41, 5.74) is 22.1. The Balaban J connectivity index is 0.000000169. The zero-order valence-corrected chi connectivity index (χ0v) is 22.1. The molecule has 4 fully saturated rings. The molecule has 0 spiro atoms. The van der Waals surface area contributed by atoms with Gasteiger partial charge in [-0.05, 0) is 38.2 Å². The average molecular weight is 566 g/mol. The van der Waals surface area contributed by atoms with Gasteiger partial charge in [0.2, 0.25) is 11.9 Å². The molecule has 11 N–H and O–H groups in total. The highest BCUT2D eigenvalue weighted by molar-refractivity contribution is 5.81. The SMILES string of the molecule is NC(=O)C1CCN(c2cc(NC3CC3)nc(N)n2)C1.NC1=NC(N)(C2CC2)C=C(N2CCC(F)(F)C2)N1.O=CO. The Morgan fingerprint density at radius 3 is 2.40 bits per heavy atom. The number of nitrogens with two attached hydrogens (primary N) is 4. The number of carboxylic acid groups (broad SMARTS) is 1. The second-order valence-corrected chi connectivity index (χ2v) is 10.7. The van der Waals surface area contributed by atoms with Gasteiger partial charge in [-0.1, -0.05) is 0 Å². The number of rotatable bonds is 6. The Labute approximate surface area is 230 Å². The number of aromatic nitrogens is 2. The van der Waals surface area contributed by atoms with Crippen LogP contribution in [-0.4, -0.2) is 82.1 Å². The molecule has 5 aliphatic rings. The van der Waals surface area contributed by atoms with Gasteiger partial charge in [-0.2, -0.15) is 9.97 Å². The number of carbonyl (C=O) groups is 2. The van der Waals surface area contributed by atoms with E-state index < -0.39 is 11.6 Å². The highest BCUT2D eigenvalue weighted by Gasteiger charge is 2.45. The second kappa shape index (κ2) is 11.7. The molecule has 16 heteroatoms. The number of nitrogen functional groups attached to an aromatic ring is 1. The summed E-state index contributed by atoms with van der Waals surface area (Å²) in [5.74, 6) is -0.169. The summed E-state index contributed by atoms with van der Waals surface area (Å²) in [7, 11) is 0. The monoisotopic (exact) mass is 565 g/mol. The summed E-state index contributed by atoms with van der Waals surface area (Å²) >= 11 is 0. The number of hydrogen-bond donors (Lipinski definition) is 7. The van der Waals surface area contributed by atoms with Crippen molar-refractivity contribution in [3.63, 3.8) is 0 Å². The lowest BCUT2D eigenvalue weighted by molar-refractivity contribution is -0.123. The van der Waals surface area contributed by atoms with Gasteiger partial charge in [0.1, 0.15) is 23.1 Å². The number of amides is 1. The third-order valence-electron chi connectivity index (χ3n) is 7.25. The normalized spacial score (nSPS) is 26.7. The summed E-state index contributed by atoms with van der Waals surface area (Å²) in [6, 6.07) is 2.40. The van der Waals surface area contributed by atoms with Crippen LogP contribution < -0.4 is 38.5 Å². The quantitative estimate of drug-likeness (QED) is 0.222. The van der Waals surface area contributed by atoms with E-state index in [9.17, 15) is 13.6 Å². The Kier molecular flexibility index (Phi) is 8.46. The number of likely N-dealkylation sites (tertiary alicyclic amines) is 1. The van der Waals surface area contributed by atoms with E-state index in [2.05, 4.69) is 25.6 Å². The molecule has 1 aromatic rings. The van der Waals surface area contributed by atoms with Gasteiger partial charge in [0.25, 0.3) is 12.4 Å². The van der Waals surface area contributed by atoms with Crippen LogP contribution in [-0.2, 0) is 9.59 Å². The van der Waals surface area contributed by atoms with E-state index in [-0.39, 0.29) is 49.1 Å². The number of nitrogens with one attached hydrogen (secondary N) is 2. The van der Waals surface area contributed by atoms with Gasteiger partial charge in [-0.25, -0.2) is 13.8 Å². The molecule has 220 valence electrons. The lowest BCUT2D eigenvalue weighted by Gasteiger charge is -2.32. The zero-order valence-electron chi connectivity index (χ0n) is 22.1. The molecular formula is C24H37F2N11O3. The van der Waals surface area contributed by atoms with Crippen LogP contribution in [0.2, 0.25) is 0 Å². The van der Waals surface area contributed by atoms with E-state index in [0.29, 0.717) is 25.0 Å². The minimum Gasteiger partial charge on any atom is -0.483 e. The molecule has 14 nitrogen and oxygen atoms in total. The van der Waals surface area contributed by atoms with Crippen molar-refractivity contribution in [1.82, 2.24) is 20.2 Å². The first kappa shape index (κ1) is 29.0. The van der Waals surface area contributed by atoms with E-state index in [1.807, 2.05) is 11.0 Å². The zero-order chi connectivity index (χ0) is 29.1. The van der Waals surface area contributed by atoms with Crippen LogP contribution in [0, 0.1) is 11.8 Å². The van der Waals surface area contributed by atoms with Gasteiger partial charge >= 0.3 is 0 Å². The number of alkyl halides is 2. The van der Waals surface area contributed by atoms with E-state index in [0.717, 1.165) is 37.4 Å². The molecule has 2 unspecified atom stereocenters. The van der Waals surface area contributed by atoms with E-state index in [4.69, 9.17) is 32.8 Å². The third kappa shape index (κ3) is 7.58. The van der Waals surface area contributed by atoms with E-state index in [1.165, 1.54) is 12.8 Å². The fourth-order valence-corrected chi connectivity index (χ4v) is 4.85. The molecule has 4 heterocycles. The molecule has 1 aromatic heterocycles. The Bertz CT molecular complexity index is 1160. The predicted octanol–water partition coefficient (Wildman–Crippen LogP) is -0.203. The lowest BCUT2D eigenvalue weighted by atomic mass is 10.0. The number of halogens is 2. The van der Waals surface area contributed by atoms with Crippen molar-refractivity contribution in [2.24, 2.45) is 34.0 Å². The first-order chi connectivity index (χ1) is 18.9. The standard InChI is InChI=1S/C12H18N6O.C11H17F2N5.CH2O2/c13-11(19)7-3-4-18(6-7)10-5-9(15-8-1-2-8)16-12(14)17-10;12-10(13)3-4-18(6-10)8-5-11(15,7-1-2-7)17-9(14)16-8;2-1-3/h5,7-8H,1-4,6H2,(H2,13,19)(H3,14,15,16,17);5,7H,1-4,6,15H2,(H3,14,16,17);1H,(H,2,3). The number of aliphatic imine (C=N–C) groups is 1. The number of guanidine groups is 1. The smallest absolute Gasteiger partial charge is 0.290 e. The third-order valence-corrected chi connectivity index (χ3v) is 7.25. The van der Waals surface area contributed by atoms with Crippen molar-refractivity contribution in [3.8, 4) is 0 Å². The maximum absolute atomic E-state index is 13.2. The predicted molar refractivity (Wildman–Crippen MR) is 145 cm³/mol. The van der Waals surface area contributed by atoms with Crippen LogP contribution >= 0.6 is 0 Å². The first-order valence-electron chi connectivity index (χ1n) is 13.2. The largest absolute Gasteiger partial charge is 0.483 e. The van der Waals surface area contributed by atoms with Crippen LogP contribution in [0.15, 0.2) is 23.0 Å². The fourth-order valence-electron chi connectivity index (χ4n) is 4.85. The Hall–Kier alpha value is -3.95. The molecule has 1 amide bonds. The number of nitrogens with zero attached hydrogens (tertiary/aromatic N) is 5. The number of carbonyl (C=O) groups excluding carboxylic acids is 1. The molecule has 6 rings (SSSR count). The van der Waals surface area contributed by atoms with E-state index in [1.54, 1.807) is 11.0 Å². The topological polar surface area (TPSA) is 227 Å². The van der Waals surface area contributed by atoms with Crippen molar-refractivity contribution < 1.29 is 23.5 Å². The summed E-state index contributed by atoms with van der Waals surface area (Å²) in [6.07, 6.45) is 6.73. The number of hydrogen-bond acceptors (Lipinski definition) is 12. The fraction of sp³-hybridized carbons (Fsp3) is 0.625. The highest BCUT2D eigenvalue weighted by Crippen LogP contribution is 2.41. The molecule has 0 radical (unpaired) electrons. The first-order valence-corrected chi connectivity index (χ1v) is 13.2. The molecule has 2 aliphatic carbocycles. The summed E-state index contributed by atoms with van der Waals surface area (Å²) in [6.45, 7) is 1.14. The van der Waals surface area contributed by atoms with Gasteiger partial charge < -0.3 is 48.5 Å². The van der Waals surface area contributed by atoms with Crippen LogP contribution in [0.4, 0.5) is 26.4 Å². The maximum atomic E-state index is 13.2.